The van der Waals surface area contributed by atoms with Crippen molar-refractivity contribution in [3.05, 3.63) is 65.5 Å². The van der Waals surface area contributed by atoms with Gasteiger partial charge in [-0.05, 0) is 17.2 Å². The number of aromatic nitrogens is 1. The van der Waals surface area contributed by atoms with Gasteiger partial charge in [-0.15, -0.1) is 0 Å². The molecule has 0 atom stereocenters. The molecule has 4 heteroatoms. The molecule has 2 aromatic rings. The summed E-state index contributed by atoms with van der Waals surface area (Å²) in [6, 6.07) is 13.2. The molecule has 0 aliphatic heterocycles. The summed E-state index contributed by atoms with van der Waals surface area (Å²) in [6.07, 6.45) is 1.62. The van der Waals surface area contributed by atoms with E-state index in [0.717, 1.165) is 11.1 Å². The third-order valence-electron chi connectivity index (χ3n) is 2.59. The highest BCUT2D eigenvalue weighted by Gasteiger charge is 2.06. The van der Waals surface area contributed by atoms with Crippen molar-refractivity contribution in [2.45, 2.75) is 13.1 Å². The minimum absolute atomic E-state index is 0.178. The molecule has 0 aliphatic rings. The highest BCUT2D eigenvalue weighted by molar-refractivity contribution is 5.92. The standard InChI is InChI=1S/C14H15N3O/c15-8-12-6-7-13(16-10-12)14(18)17-9-11-4-2-1-3-5-11/h1-7,10H,8-9,15H2,(H,17,18). The average Bonchev–Trinajstić information content (AvgIpc) is 2.46. The van der Waals surface area contributed by atoms with E-state index >= 15 is 0 Å². The molecule has 92 valence electrons. The fraction of sp³-hybridized carbons (Fsp3) is 0.143. The molecule has 18 heavy (non-hydrogen) atoms. The Bertz CT molecular complexity index is 508. The predicted octanol–water partition coefficient (Wildman–Crippen LogP) is 1.47. The molecule has 0 bridgehead atoms. The van der Waals surface area contributed by atoms with E-state index in [4.69, 9.17) is 5.73 Å². The maximum atomic E-state index is 11.8. The minimum Gasteiger partial charge on any atom is -0.347 e. The van der Waals surface area contributed by atoms with Gasteiger partial charge in [-0.3, -0.25) is 9.78 Å². The van der Waals surface area contributed by atoms with Crippen LogP contribution in [0.25, 0.3) is 0 Å². The third kappa shape index (κ3) is 3.15. The van der Waals surface area contributed by atoms with E-state index in [1.165, 1.54) is 0 Å². The largest absolute Gasteiger partial charge is 0.347 e. The van der Waals surface area contributed by atoms with Crippen molar-refractivity contribution in [2.75, 3.05) is 0 Å². The first-order chi connectivity index (χ1) is 8.79. The molecule has 0 saturated carbocycles. The Morgan fingerprint density at radius 2 is 1.89 bits per heavy atom. The molecule has 4 nitrogen and oxygen atoms in total. The quantitative estimate of drug-likeness (QED) is 0.851. The van der Waals surface area contributed by atoms with Crippen LogP contribution in [-0.4, -0.2) is 10.9 Å². The van der Waals surface area contributed by atoms with Crippen LogP contribution in [0, 0.1) is 0 Å². The van der Waals surface area contributed by atoms with E-state index in [2.05, 4.69) is 10.3 Å². The van der Waals surface area contributed by atoms with E-state index in [9.17, 15) is 4.79 Å². The number of hydrogen-bond donors (Lipinski definition) is 2. The zero-order valence-electron chi connectivity index (χ0n) is 9.97. The number of nitrogens with two attached hydrogens (primary N) is 1. The molecule has 0 fully saturated rings. The van der Waals surface area contributed by atoms with Crippen LogP contribution in [0.3, 0.4) is 0 Å². The van der Waals surface area contributed by atoms with Crippen molar-refractivity contribution >= 4 is 5.91 Å². The van der Waals surface area contributed by atoms with Gasteiger partial charge in [0.15, 0.2) is 0 Å². The Morgan fingerprint density at radius 3 is 2.50 bits per heavy atom. The molecule has 0 unspecified atom stereocenters. The number of hydrogen-bond acceptors (Lipinski definition) is 3. The summed E-state index contributed by atoms with van der Waals surface area (Å²) >= 11 is 0. The van der Waals surface area contributed by atoms with Gasteiger partial charge in [0.25, 0.3) is 5.91 Å². The Hall–Kier alpha value is -2.20. The van der Waals surface area contributed by atoms with Gasteiger partial charge < -0.3 is 11.1 Å². The molecule has 1 amide bonds. The van der Waals surface area contributed by atoms with Gasteiger partial charge in [0, 0.05) is 19.3 Å². The van der Waals surface area contributed by atoms with Crippen LogP contribution in [-0.2, 0) is 13.1 Å². The lowest BCUT2D eigenvalue weighted by molar-refractivity contribution is 0.0946. The van der Waals surface area contributed by atoms with Crippen molar-refractivity contribution in [3.8, 4) is 0 Å². The number of rotatable bonds is 4. The van der Waals surface area contributed by atoms with Gasteiger partial charge in [-0.1, -0.05) is 36.4 Å². The summed E-state index contributed by atoms with van der Waals surface area (Å²) in [5, 5.41) is 2.82. The van der Waals surface area contributed by atoms with Crippen molar-refractivity contribution in [1.82, 2.24) is 10.3 Å². The van der Waals surface area contributed by atoms with Gasteiger partial charge in [0.2, 0.25) is 0 Å². The second kappa shape index (κ2) is 5.93. The van der Waals surface area contributed by atoms with Crippen molar-refractivity contribution in [2.24, 2.45) is 5.73 Å². The maximum Gasteiger partial charge on any atom is 0.270 e. The molecule has 1 heterocycles. The number of carbonyl (C=O) groups excluding carboxylic acids is 1. The first-order valence-electron chi connectivity index (χ1n) is 5.76. The number of amides is 1. The zero-order valence-corrected chi connectivity index (χ0v) is 9.97. The molecular weight excluding hydrogens is 226 g/mol. The van der Waals surface area contributed by atoms with Gasteiger partial charge in [0.1, 0.15) is 5.69 Å². The van der Waals surface area contributed by atoms with Crippen LogP contribution in [0.2, 0.25) is 0 Å². The van der Waals surface area contributed by atoms with Gasteiger partial charge in [-0.2, -0.15) is 0 Å². The molecule has 1 aromatic heterocycles. The maximum absolute atomic E-state index is 11.8. The molecule has 0 saturated heterocycles. The SMILES string of the molecule is NCc1ccc(C(=O)NCc2ccccc2)nc1. The van der Waals surface area contributed by atoms with E-state index in [-0.39, 0.29) is 5.91 Å². The summed E-state index contributed by atoms with van der Waals surface area (Å²) in [5.41, 5.74) is 7.85. The van der Waals surface area contributed by atoms with Crippen molar-refractivity contribution < 1.29 is 4.79 Å². The predicted molar refractivity (Wildman–Crippen MR) is 69.7 cm³/mol. The lowest BCUT2D eigenvalue weighted by atomic mass is 10.2. The van der Waals surface area contributed by atoms with E-state index in [0.29, 0.717) is 18.8 Å². The monoisotopic (exact) mass is 241 g/mol. The minimum atomic E-state index is -0.178. The number of benzene rings is 1. The fourth-order valence-corrected chi connectivity index (χ4v) is 1.55. The van der Waals surface area contributed by atoms with Crippen molar-refractivity contribution in [3.63, 3.8) is 0 Å². The van der Waals surface area contributed by atoms with Crippen molar-refractivity contribution in [1.29, 1.82) is 0 Å². The number of nitrogens with one attached hydrogen (secondary N) is 1. The first kappa shape index (κ1) is 12.3. The van der Waals surface area contributed by atoms with Crippen LogP contribution in [0.15, 0.2) is 48.7 Å². The average molecular weight is 241 g/mol. The first-order valence-corrected chi connectivity index (χ1v) is 5.76. The van der Waals surface area contributed by atoms with Crippen LogP contribution >= 0.6 is 0 Å². The van der Waals surface area contributed by atoms with Crippen LogP contribution < -0.4 is 11.1 Å². The summed E-state index contributed by atoms with van der Waals surface area (Å²) in [6.45, 7) is 0.929. The fourth-order valence-electron chi connectivity index (χ4n) is 1.55. The molecule has 2 rings (SSSR count). The summed E-state index contributed by atoms with van der Waals surface area (Å²) < 4.78 is 0. The Balaban J connectivity index is 1.95. The van der Waals surface area contributed by atoms with Crippen LogP contribution in [0.4, 0.5) is 0 Å². The molecule has 0 aliphatic carbocycles. The molecule has 1 aromatic carbocycles. The normalized spacial score (nSPS) is 10.1. The molecular formula is C14H15N3O. The third-order valence-corrected chi connectivity index (χ3v) is 2.59. The Kier molecular flexibility index (Phi) is 4.04. The lowest BCUT2D eigenvalue weighted by Gasteiger charge is -2.05. The van der Waals surface area contributed by atoms with Gasteiger partial charge in [-0.25, -0.2) is 0 Å². The second-order valence-electron chi connectivity index (χ2n) is 3.92. The van der Waals surface area contributed by atoms with Gasteiger partial charge >= 0.3 is 0 Å². The lowest BCUT2D eigenvalue weighted by Crippen LogP contribution is -2.23. The highest BCUT2D eigenvalue weighted by atomic mass is 16.1. The molecule has 3 N–H and O–H groups in total. The van der Waals surface area contributed by atoms with E-state index < -0.39 is 0 Å². The highest BCUT2D eigenvalue weighted by Crippen LogP contribution is 2.01. The van der Waals surface area contributed by atoms with Crippen LogP contribution in [0.5, 0.6) is 0 Å². The molecule has 0 radical (unpaired) electrons. The van der Waals surface area contributed by atoms with Gasteiger partial charge in [0.05, 0.1) is 0 Å². The van der Waals surface area contributed by atoms with Crippen LogP contribution in [0.1, 0.15) is 21.6 Å². The Labute approximate surface area is 106 Å². The number of carbonyl (C=O) groups is 1. The Morgan fingerprint density at radius 1 is 1.11 bits per heavy atom. The van der Waals surface area contributed by atoms with E-state index in [1.807, 2.05) is 36.4 Å². The summed E-state index contributed by atoms with van der Waals surface area (Å²) in [4.78, 5) is 15.9. The number of nitrogens with zero attached hydrogens (tertiary/aromatic N) is 1. The summed E-state index contributed by atoms with van der Waals surface area (Å²) in [7, 11) is 0. The second-order valence-corrected chi connectivity index (χ2v) is 3.92. The topological polar surface area (TPSA) is 68.0 Å². The molecule has 0 spiro atoms. The van der Waals surface area contributed by atoms with E-state index in [1.54, 1.807) is 12.3 Å². The summed E-state index contributed by atoms with van der Waals surface area (Å²) in [5.74, 6) is -0.178. The smallest absolute Gasteiger partial charge is 0.270 e. The zero-order chi connectivity index (χ0) is 12.8. The number of pyridine rings is 1.